The molecule has 0 aliphatic rings. The molecule has 39 nitrogen and oxygen atoms in total. The van der Waals surface area contributed by atoms with Gasteiger partial charge in [-0.1, -0.05) is 78.9 Å². The Bertz CT molecular complexity index is 4420. The fourth-order valence-corrected chi connectivity index (χ4v) is 9.76. The lowest BCUT2D eigenvalue weighted by molar-refractivity contribution is -0.384. The van der Waals surface area contributed by atoms with Crippen LogP contribution in [0.25, 0.3) is 21.8 Å². The number of rotatable bonds is 30. The van der Waals surface area contributed by atoms with Crippen molar-refractivity contribution in [3.63, 3.8) is 0 Å². The first-order valence-electron chi connectivity index (χ1n) is 38.2. The first kappa shape index (κ1) is 107. The number of aliphatic carboxylic acids is 6. The minimum atomic E-state index is -1.33. The van der Waals surface area contributed by atoms with E-state index >= 15 is 0 Å². The van der Waals surface area contributed by atoms with Gasteiger partial charge in [0.1, 0.15) is 64.4 Å². The first-order chi connectivity index (χ1) is 56.3. The molecule has 0 spiro atoms. The molecule has 0 saturated carbocycles. The third kappa shape index (κ3) is 48.7. The van der Waals surface area contributed by atoms with Crippen molar-refractivity contribution in [2.75, 3.05) is 13.2 Å². The molecule has 0 radical (unpaired) electrons. The van der Waals surface area contributed by atoms with E-state index < -0.39 is 148 Å². The Morgan fingerprint density at radius 3 is 1.24 bits per heavy atom. The minimum absolute atomic E-state index is 0.00737. The third-order valence-electron chi connectivity index (χ3n) is 14.8. The van der Waals surface area contributed by atoms with E-state index in [-0.39, 0.29) is 56.9 Å². The highest BCUT2D eigenvalue weighted by Gasteiger charge is 2.31. The number of aromatic nitrogens is 2. The summed E-state index contributed by atoms with van der Waals surface area (Å²) in [5.41, 5.74) is 0.446. The van der Waals surface area contributed by atoms with E-state index in [1.54, 1.807) is 141 Å². The molecule has 2 heterocycles. The number of hydrogen-bond acceptors (Lipinski definition) is 24. The molecule has 0 bridgehead atoms. The largest absolute Gasteiger partial charge is 0.481 e. The highest BCUT2D eigenvalue weighted by Crippen LogP contribution is 2.24. The minimum Gasteiger partial charge on any atom is -0.481 e. The number of aliphatic hydroxyl groups is 1. The van der Waals surface area contributed by atoms with Gasteiger partial charge in [-0.25, -0.2) is 52.7 Å². The highest BCUT2D eigenvalue weighted by molar-refractivity contribution is 5.90. The number of hydrogen-bond donors (Lipinski definition) is 14. The van der Waals surface area contributed by atoms with Crippen LogP contribution in [0.3, 0.4) is 0 Å². The molecule has 0 aliphatic carbocycles. The number of nitro benzene ring substituents is 1. The summed E-state index contributed by atoms with van der Waals surface area (Å²) in [6, 6.07) is 23.7. The van der Waals surface area contributed by atoms with Crippen molar-refractivity contribution in [2.24, 2.45) is 0 Å². The van der Waals surface area contributed by atoms with Crippen LogP contribution in [0.15, 0.2) is 116 Å². The Balaban J connectivity index is 0.000000742. The van der Waals surface area contributed by atoms with Crippen LogP contribution in [0.5, 0.6) is 0 Å². The van der Waals surface area contributed by atoms with Crippen LogP contribution < -0.4 is 31.9 Å². The standard InChI is InChI=1S/C18H26N2O6.C17H20N2O5.C16H20N2O4.C14H18N2O6.C10H18O4.C8H15NO5/c1-18(2,3)26-17(24)20-14(15(21)22)10-7-11-19-16(23)25-12-13-8-5-4-6-9-13;1-17(2,3)24-16(23)18-13(15(21)22)8-11-9-19(10-20)14-7-5-4-6-12(11)14;1-16(2,3)22-15(21)18-13(14(19)20)8-10-9-17-12-7-5-4-6-11(10)12;1-14(2,3)22-13(19)15-11(12(17)18)8-9-4-6-10(7-5-9)16(20)21;1-10(2,3)14-9(13)7-5-4-6-8(11)12;1-8(2,3)14-7(13)9-5(4-10)6(11)12/h4-6,8-9,14H,7,10-12H2,1-3H3,(H,19,23)(H,20,24)(H,21,22);4-7,9-10,13H,8H2,1-3H3,(H,18,23)(H,21,22);4-7,9,13,17H,8H2,1-3H3,(H,18,21)(H,19,20);4-7,11H,8H2,1-3H3,(H,15,19)(H,17,18);4-7H2,1-3H3,(H,11,12);5,10H,4H2,1-3H3,(H,9,13)(H,11,12)/t14-;2*13-;11-;;5-/m0010.1/s1. The number of para-hydroxylation sites is 2. The van der Waals surface area contributed by atoms with Crippen molar-refractivity contribution in [1.29, 1.82) is 0 Å². The number of carbonyl (C=O) groups is 14. The van der Waals surface area contributed by atoms with Crippen molar-refractivity contribution in [3.8, 4) is 0 Å². The van der Waals surface area contributed by atoms with Crippen molar-refractivity contribution in [1.82, 2.24) is 41.5 Å². The van der Waals surface area contributed by atoms with Gasteiger partial charge in [-0.3, -0.25) is 29.1 Å². The number of nitrogens with zero attached hydrogens (tertiary/aromatic N) is 2. The molecule has 0 unspecified atom stereocenters. The molecule has 0 saturated heterocycles. The predicted octanol–water partition coefficient (Wildman–Crippen LogP) is 11.6. The van der Waals surface area contributed by atoms with E-state index in [1.807, 2.05) is 80.7 Å². The Morgan fingerprint density at radius 1 is 0.443 bits per heavy atom. The number of aromatic amines is 1. The number of nitro groups is 1. The zero-order valence-corrected chi connectivity index (χ0v) is 71.8. The molecule has 0 fully saturated rings. The molecule has 0 aliphatic heterocycles. The fourth-order valence-electron chi connectivity index (χ4n) is 9.76. The number of ether oxygens (including phenoxy) is 7. The second kappa shape index (κ2) is 50.7. The van der Waals surface area contributed by atoms with Gasteiger partial charge in [0.2, 0.25) is 6.41 Å². The zero-order chi connectivity index (χ0) is 93.3. The van der Waals surface area contributed by atoms with Gasteiger partial charge < -0.3 is 106 Å². The maximum absolute atomic E-state index is 11.8. The Labute approximate surface area is 705 Å². The number of nitrogens with one attached hydrogen (secondary N) is 7. The van der Waals surface area contributed by atoms with E-state index in [4.69, 9.17) is 58.7 Å². The van der Waals surface area contributed by atoms with E-state index in [9.17, 15) is 87.5 Å². The highest BCUT2D eigenvalue weighted by atomic mass is 16.6. The molecule has 39 heteroatoms. The number of esters is 1. The van der Waals surface area contributed by atoms with Gasteiger partial charge in [-0.05, 0) is 185 Å². The van der Waals surface area contributed by atoms with Gasteiger partial charge in [-0.2, -0.15) is 0 Å². The number of non-ortho nitro benzene ring substituents is 1. The number of carbonyl (C=O) groups excluding carboxylic acids is 8. The number of carboxylic acid groups (broad SMARTS) is 6. The molecule has 674 valence electrons. The van der Waals surface area contributed by atoms with Crippen molar-refractivity contribution < 1.29 is 141 Å². The molecule has 6 amide bonds. The fraction of sp³-hybridized carbons (Fsp3) is 0.494. The molecule has 6 aromatic rings. The summed E-state index contributed by atoms with van der Waals surface area (Å²) in [5, 5.41) is 88.6. The number of amides is 6. The van der Waals surface area contributed by atoms with Gasteiger partial charge in [0.05, 0.1) is 17.0 Å². The number of unbranched alkanes of at least 4 members (excludes halogenated alkanes) is 1. The summed E-state index contributed by atoms with van der Waals surface area (Å²) in [6.07, 6.45) is 1.60. The van der Waals surface area contributed by atoms with Gasteiger partial charge >= 0.3 is 78.3 Å². The topological polar surface area (TPSA) is 581 Å². The lowest BCUT2D eigenvalue weighted by Gasteiger charge is -2.22. The summed E-state index contributed by atoms with van der Waals surface area (Å²) in [6.45, 7) is 30.4. The van der Waals surface area contributed by atoms with Crippen molar-refractivity contribution in [2.45, 2.75) is 253 Å². The maximum Gasteiger partial charge on any atom is 0.408 e. The predicted molar refractivity (Wildman–Crippen MR) is 443 cm³/mol. The van der Waals surface area contributed by atoms with E-state index in [0.717, 1.165) is 27.4 Å². The molecule has 122 heavy (non-hydrogen) atoms. The zero-order valence-electron chi connectivity index (χ0n) is 71.8. The third-order valence-corrected chi connectivity index (χ3v) is 14.8. The Morgan fingerprint density at radius 2 is 0.828 bits per heavy atom. The average molecular weight is 1720 g/mol. The van der Waals surface area contributed by atoms with Crippen LogP contribution in [-0.2, 0) is 97.4 Å². The van der Waals surface area contributed by atoms with E-state index in [1.165, 1.54) is 28.8 Å². The second-order valence-corrected chi connectivity index (χ2v) is 32.8. The molecular formula is C83H117N9O30. The maximum atomic E-state index is 11.8. The number of alkyl carbamates (subject to hydrolysis) is 6. The molecular weight excluding hydrogens is 1600 g/mol. The van der Waals surface area contributed by atoms with E-state index in [2.05, 4.69) is 31.6 Å². The molecule has 2 aromatic heterocycles. The lowest BCUT2D eigenvalue weighted by Crippen LogP contribution is -2.45. The lowest BCUT2D eigenvalue weighted by atomic mass is 10.1. The molecule has 6 rings (SSSR count). The van der Waals surface area contributed by atoms with Crippen LogP contribution in [0.4, 0.5) is 34.5 Å². The number of fused-ring (bicyclic) bond motifs is 2. The summed E-state index contributed by atoms with van der Waals surface area (Å²) < 4.78 is 36.5. The van der Waals surface area contributed by atoms with Crippen LogP contribution in [-0.4, -0.2) is 212 Å². The van der Waals surface area contributed by atoms with Crippen LogP contribution in [0.2, 0.25) is 0 Å². The first-order valence-corrected chi connectivity index (χ1v) is 38.2. The van der Waals surface area contributed by atoms with Crippen molar-refractivity contribution in [3.05, 3.63) is 148 Å². The second-order valence-electron chi connectivity index (χ2n) is 32.8. The Kier molecular flexibility index (Phi) is 44.5. The van der Waals surface area contributed by atoms with Gasteiger partial charge in [0, 0.05) is 79.5 Å². The quantitative estimate of drug-likeness (QED) is 0.00497. The summed E-state index contributed by atoms with van der Waals surface area (Å²) in [4.78, 5) is 171. The van der Waals surface area contributed by atoms with Gasteiger partial charge in [0.25, 0.3) is 5.69 Å². The normalized spacial score (nSPS) is 12.4. The molecule has 5 atom stereocenters. The smallest absolute Gasteiger partial charge is 0.408 e. The van der Waals surface area contributed by atoms with Crippen LogP contribution in [0, 0.1) is 10.1 Å². The van der Waals surface area contributed by atoms with Gasteiger partial charge in [0.15, 0.2) is 6.04 Å². The van der Waals surface area contributed by atoms with Crippen LogP contribution >= 0.6 is 0 Å². The average Bonchev–Trinajstić information content (AvgIpc) is 1.65. The number of carboxylic acids is 6. The monoisotopic (exact) mass is 1720 g/mol. The van der Waals surface area contributed by atoms with Crippen molar-refractivity contribution >= 4 is 112 Å². The molecule has 4 aromatic carbocycles. The number of aliphatic hydroxyl groups excluding tert-OH is 1. The van der Waals surface area contributed by atoms with Gasteiger partial charge in [-0.15, -0.1) is 0 Å². The van der Waals surface area contributed by atoms with Crippen LogP contribution in [0.1, 0.15) is 185 Å². The Hall–Kier alpha value is -13.1. The summed E-state index contributed by atoms with van der Waals surface area (Å²) in [7, 11) is 0. The summed E-state index contributed by atoms with van der Waals surface area (Å²) >= 11 is 0. The molecule has 14 N–H and O–H groups in total. The van der Waals surface area contributed by atoms with E-state index in [0.29, 0.717) is 48.7 Å². The number of benzene rings is 4. The summed E-state index contributed by atoms with van der Waals surface area (Å²) in [5.74, 6) is -7.05. The SMILES string of the molecule is CC(C)(C)OC(=O)CCCCC(=O)O.CC(C)(C)OC(=O)N[C@@H](CCCNC(=O)OCc1ccccc1)C(=O)O.CC(C)(C)OC(=O)N[C@@H](Cc1ccc([N+](=O)[O-])cc1)C(=O)O.CC(C)(C)OC(=O)N[C@@H](Cc1cn(C=O)c2ccccc12)C(=O)O.CC(C)(C)OC(=O)N[C@H](CO)C(=O)O.CC(C)(C)OC(=O)N[C@H](Cc1c[nH]c2ccccc12)C(=O)O. The number of H-pyrrole nitrogens is 1.